The van der Waals surface area contributed by atoms with Crippen LogP contribution in [0.1, 0.15) is 38.5 Å². The van der Waals surface area contributed by atoms with Gasteiger partial charge in [-0.2, -0.15) is 5.10 Å². The average Bonchev–Trinajstić information content (AvgIpc) is 2.71. The number of carbonyl (C=O) groups excluding carboxylic acids is 1. The summed E-state index contributed by atoms with van der Waals surface area (Å²) in [6.07, 6.45) is 11.4. The quantitative estimate of drug-likeness (QED) is 0.921. The number of hydrogen-bond donors (Lipinski definition) is 1. The van der Waals surface area contributed by atoms with Gasteiger partial charge in [-0.05, 0) is 72.2 Å². The van der Waals surface area contributed by atoms with Gasteiger partial charge in [0.1, 0.15) is 6.54 Å². The second-order valence-corrected chi connectivity index (χ2v) is 8.02. The molecule has 0 aromatic carbocycles. The number of halogens is 1. The van der Waals surface area contributed by atoms with E-state index in [1.807, 2.05) is 6.20 Å². The van der Waals surface area contributed by atoms with Crippen LogP contribution in [-0.4, -0.2) is 21.2 Å². The minimum Gasteiger partial charge on any atom is -0.349 e. The summed E-state index contributed by atoms with van der Waals surface area (Å²) in [6.45, 7) is 0.327. The minimum absolute atomic E-state index is 0.107. The molecule has 0 atom stereocenters. The molecule has 1 aromatic rings. The third-order valence-corrected chi connectivity index (χ3v) is 5.76. The van der Waals surface area contributed by atoms with Gasteiger partial charge in [-0.3, -0.25) is 9.48 Å². The number of nitrogens with zero attached hydrogens (tertiary/aromatic N) is 2. The fourth-order valence-corrected chi connectivity index (χ4v) is 5.50. The Morgan fingerprint density at radius 1 is 1.30 bits per heavy atom. The molecule has 0 aliphatic heterocycles. The first-order valence-corrected chi connectivity index (χ1v) is 8.38. The van der Waals surface area contributed by atoms with E-state index in [1.165, 1.54) is 38.5 Å². The molecular formula is C15H20BrN3O. The Labute approximate surface area is 127 Å². The Morgan fingerprint density at radius 3 is 2.40 bits per heavy atom. The van der Waals surface area contributed by atoms with Crippen molar-refractivity contribution in [3.63, 3.8) is 0 Å². The van der Waals surface area contributed by atoms with Gasteiger partial charge in [-0.15, -0.1) is 0 Å². The minimum atomic E-state index is 0.107. The second kappa shape index (κ2) is 4.58. The van der Waals surface area contributed by atoms with E-state index in [9.17, 15) is 4.79 Å². The SMILES string of the molecule is O=C(Cn1cc(Br)cn1)NC12CC3CC(CC(C3)C1)C2. The molecule has 4 aliphatic carbocycles. The molecule has 0 radical (unpaired) electrons. The molecule has 1 heterocycles. The van der Waals surface area contributed by atoms with Crippen LogP contribution in [0.15, 0.2) is 16.9 Å². The van der Waals surface area contributed by atoms with E-state index in [0.717, 1.165) is 22.2 Å². The standard InChI is InChI=1S/C15H20BrN3O/c16-13-7-17-19(8-13)9-14(20)18-15-4-10-1-11(5-15)3-12(2-10)6-15/h7-8,10-12H,1-6,9H2,(H,18,20). The smallest absolute Gasteiger partial charge is 0.242 e. The van der Waals surface area contributed by atoms with E-state index in [4.69, 9.17) is 0 Å². The molecule has 1 amide bonds. The van der Waals surface area contributed by atoms with Gasteiger partial charge in [0.15, 0.2) is 0 Å². The van der Waals surface area contributed by atoms with Gasteiger partial charge < -0.3 is 5.32 Å². The van der Waals surface area contributed by atoms with Crippen molar-refractivity contribution >= 4 is 21.8 Å². The summed E-state index contributed by atoms with van der Waals surface area (Å²) in [5, 5.41) is 7.53. The zero-order valence-corrected chi connectivity index (χ0v) is 13.1. The van der Waals surface area contributed by atoms with Crippen LogP contribution in [0.25, 0.3) is 0 Å². The van der Waals surface area contributed by atoms with Crippen molar-refractivity contribution in [2.24, 2.45) is 17.8 Å². The molecule has 20 heavy (non-hydrogen) atoms. The summed E-state index contributed by atoms with van der Waals surface area (Å²) in [5.41, 5.74) is 0.107. The number of rotatable bonds is 3. The lowest BCUT2D eigenvalue weighted by atomic mass is 9.53. The van der Waals surface area contributed by atoms with Crippen LogP contribution in [-0.2, 0) is 11.3 Å². The molecule has 5 heteroatoms. The lowest BCUT2D eigenvalue weighted by Crippen LogP contribution is -2.60. The van der Waals surface area contributed by atoms with Crippen molar-refractivity contribution in [1.29, 1.82) is 0 Å². The van der Waals surface area contributed by atoms with Crippen LogP contribution in [0.3, 0.4) is 0 Å². The third kappa shape index (κ3) is 2.30. The van der Waals surface area contributed by atoms with Gasteiger partial charge in [-0.1, -0.05) is 0 Å². The van der Waals surface area contributed by atoms with Gasteiger partial charge in [-0.25, -0.2) is 0 Å². The van der Waals surface area contributed by atoms with Gasteiger partial charge in [0.25, 0.3) is 0 Å². The molecule has 108 valence electrons. The molecule has 4 nitrogen and oxygen atoms in total. The lowest BCUT2D eigenvalue weighted by molar-refractivity contribution is -0.127. The Morgan fingerprint density at radius 2 is 1.90 bits per heavy atom. The first-order valence-electron chi connectivity index (χ1n) is 7.59. The van der Waals surface area contributed by atoms with Crippen molar-refractivity contribution in [3.05, 3.63) is 16.9 Å². The predicted octanol–water partition coefficient (Wildman–Crippen LogP) is 2.73. The summed E-state index contributed by atoms with van der Waals surface area (Å²) >= 11 is 3.36. The van der Waals surface area contributed by atoms with E-state index in [0.29, 0.717) is 6.54 Å². The summed E-state index contributed by atoms with van der Waals surface area (Å²) in [6, 6.07) is 0. The number of amides is 1. The number of nitrogens with one attached hydrogen (secondary N) is 1. The molecular weight excluding hydrogens is 318 g/mol. The largest absolute Gasteiger partial charge is 0.349 e. The highest BCUT2D eigenvalue weighted by atomic mass is 79.9. The maximum atomic E-state index is 12.3. The van der Waals surface area contributed by atoms with Gasteiger partial charge >= 0.3 is 0 Å². The Kier molecular flexibility index (Phi) is 2.95. The number of hydrogen-bond acceptors (Lipinski definition) is 2. The highest BCUT2D eigenvalue weighted by molar-refractivity contribution is 9.10. The Hall–Kier alpha value is -0.840. The van der Waals surface area contributed by atoms with Crippen LogP contribution >= 0.6 is 15.9 Å². The van der Waals surface area contributed by atoms with Crippen molar-refractivity contribution in [1.82, 2.24) is 15.1 Å². The average molecular weight is 338 g/mol. The summed E-state index contributed by atoms with van der Waals surface area (Å²) in [5.74, 6) is 2.70. The second-order valence-electron chi connectivity index (χ2n) is 7.10. The molecule has 0 spiro atoms. The van der Waals surface area contributed by atoms with Crippen LogP contribution < -0.4 is 5.32 Å². The number of aromatic nitrogens is 2. The maximum Gasteiger partial charge on any atom is 0.242 e. The zero-order valence-electron chi connectivity index (χ0n) is 11.5. The normalized spacial score (nSPS) is 38.1. The molecule has 5 rings (SSSR count). The molecule has 4 saturated carbocycles. The molecule has 4 aliphatic rings. The highest BCUT2D eigenvalue weighted by Crippen LogP contribution is 2.55. The molecule has 0 unspecified atom stereocenters. The maximum absolute atomic E-state index is 12.3. The highest BCUT2D eigenvalue weighted by Gasteiger charge is 2.51. The lowest BCUT2D eigenvalue weighted by Gasteiger charge is -2.56. The van der Waals surface area contributed by atoms with Crippen molar-refractivity contribution < 1.29 is 4.79 Å². The van der Waals surface area contributed by atoms with Crippen LogP contribution in [0.4, 0.5) is 0 Å². The van der Waals surface area contributed by atoms with Gasteiger partial charge in [0.2, 0.25) is 5.91 Å². The molecule has 1 N–H and O–H groups in total. The predicted molar refractivity (Wildman–Crippen MR) is 79.0 cm³/mol. The van der Waals surface area contributed by atoms with E-state index in [2.05, 4.69) is 26.3 Å². The number of carbonyl (C=O) groups is 1. The fourth-order valence-electron chi connectivity index (χ4n) is 5.17. The van der Waals surface area contributed by atoms with Crippen LogP contribution in [0.5, 0.6) is 0 Å². The van der Waals surface area contributed by atoms with Gasteiger partial charge in [0.05, 0.1) is 10.7 Å². The first kappa shape index (κ1) is 12.9. The molecule has 1 aromatic heterocycles. The van der Waals surface area contributed by atoms with Gasteiger partial charge in [0, 0.05) is 11.7 Å². The van der Waals surface area contributed by atoms with E-state index in [-0.39, 0.29) is 11.4 Å². The van der Waals surface area contributed by atoms with Crippen molar-refractivity contribution in [3.8, 4) is 0 Å². The van der Waals surface area contributed by atoms with Crippen LogP contribution in [0.2, 0.25) is 0 Å². The Bertz CT molecular complexity index is 504. The summed E-state index contributed by atoms with van der Waals surface area (Å²) in [4.78, 5) is 12.3. The third-order valence-electron chi connectivity index (χ3n) is 5.35. The molecule has 4 bridgehead atoms. The van der Waals surface area contributed by atoms with E-state index >= 15 is 0 Å². The van der Waals surface area contributed by atoms with Crippen molar-refractivity contribution in [2.45, 2.75) is 50.6 Å². The Balaban J connectivity index is 1.44. The molecule has 4 fully saturated rings. The van der Waals surface area contributed by atoms with Crippen LogP contribution in [0, 0.1) is 17.8 Å². The molecule has 0 saturated heterocycles. The monoisotopic (exact) mass is 337 g/mol. The topological polar surface area (TPSA) is 46.9 Å². The summed E-state index contributed by atoms with van der Waals surface area (Å²) in [7, 11) is 0. The zero-order chi connectivity index (χ0) is 13.7. The van der Waals surface area contributed by atoms with Crippen molar-refractivity contribution in [2.75, 3.05) is 0 Å². The first-order chi connectivity index (χ1) is 9.60. The summed E-state index contributed by atoms with van der Waals surface area (Å²) < 4.78 is 2.61. The fraction of sp³-hybridized carbons (Fsp3) is 0.733. The van der Waals surface area contributed by atoms with E-state index < -0.39 is 0 Å². The van der Waals surface area contributed by atoms with E-state index in [1.54, 1.807) is 10.9 Å².